The summed E-state index contributed by atoms with van der Waals surface area (Å²) < 4.78 is 86.6. The van der Waals surface area contributed by atoms with Crippen LogP contribution in [0.3, 0.4) is 0 Å². The minimum absolute atomic E-state index is 0.233. The third kappa shape index (κ3) is 7.76. The van der Waals surface area contributed by atoms with E-state index in [0.717, 1.165) is 57.2 Å². The van der Waals surface area contributed by atoms with Crippen LogP contribution in [0, 0.1) is 11.3 Å². The van der Waals surface area contributed by atoms with E-state index in [0.29, 0.717) is 61.8 Å². The van der Waals surface area contributed by atoms with E-state index in [1.165, 1.54) is 24.3 Å². The van der Waals surface area contributed by atoms with E-state index in [4.69, 9.17) is 15.0 Å². The topological polar surface area (TPSA) is 67.4 Å². The maximum absolute atomic E-state index is 14.1. The number of alkyl halides is 6. The second kappa shape index (κ2) is 16.1. The number of hydrogen-bond acceptors (Lipinski definition) is 4. The average molecular weight is 864 g/mol. The lowest BCUT2D eigenvalue weighted by molar-refractivity contribution is -0.138. The van der Waals surface area contributed by atoms with Crippen LogP contribution in [0.1, 0.15) is 16.7 Å². The minimum Gasteiger partial charge on any atom is -0.308 e. The van der Waals surface area contributed by atoms with Crippen molar-refractivity contribution in [3.8, 4) is 79.3 Å². The average Bonchev–Trinajstić information content (AvgIpc) is 3.67. The first kappa shape index (κ1) is 40.7. The van der Waals surface area contributed by atoms with Crippen LogP contribution in [0.25, 0.3) is 95.0 Å². The van der Waals surface area contributed by atoms with Gasteiger partial charge in [-0.15, -0.1) is 0 Å². The van der Waals surface area contributed by atoms with Crippen molar-refractivity contribution in [1.29, 1.82) is 5.26 Å². The van der Waals surface area contributed by atoms with Crippen LogP contribution in [0.2, 0.25) is 0 Å². The van der Waals surface area contributed by atoms with E-state index >= 15 is 0 Å². The highest BCUT2D eigenvalue weighted by atomic mass is 19.4. The molecule has 8 aromatic carbocycles. The van der Waals surface area contributed by atoms with Crippen molar-refractivity contribution in [3.05, 3.63) is 205 Å². The predicted octanol–water partition coefficient (Wildman–Crippen LogP) is 14.9. The van der Waals surface area contributed by atoms with Gasteiger partial charge < -0.3 is 4.57 Å². The Kier molecular flexibility index (Phi) is 10.1. The molecule has 0 aliphatic heterocycles. The first-order chi connectivity index (χ1) is 31.4. The molecule has 0 N–H and O–H groups in total. The lowest BCUT2D eigenvalue weighted by Gasteiger charge is -2.21. The summed E-state index contributed by atoms with van der Waals surface area (Å²) in [6.45, 7) is 0. The van der Waals surface area contributed by atoms with Crippen LogP contribution in [-0.2, 0) is 12.4 Å². The zero-order valence-corrected chi connectivity index (χ0v) is 33.9. The second-order valence-electron chi connectivity index (χ2n) is 15.4. The standard InChI is InChI=1S/C54H31F6N5/c55-53(56,57)41-23-18-34(19-24-41)44-30-40(52-63-50(36-11-3-1-4-12-36)62-51(64-52)37-13-5-2-6-14-37)31-45(35-20-25-42(26-21-35)54(58,59)60)49(44)65-47-17-8-7-16-43(47)46-29-39(22-27-48(46)65)38-15-9-10-33(28-38)32-61/h1-31H. The van der Waals surface area contributed by atoms with Crippen LogP contribution in [0.15, 0.2) is 188 Å². The molecule has 0 aliphatic carbocycles. The highest BCUT2D eigenvalue weighted by Gasteiger charge is 2.32. The molecular weight excluding hydrogens is 833 g/mol. The molecule has 10 rings (SSSR count). The number of nitrogens with zero attached hydrogens (tertiary/aromatic N) is 5. The molecule has 2 heterocycles. The van der Waals surface area contributed by atoms with E-state index < -0.39 is 23.5 Å². The smallest absolute Gasteiger partial charge is 0.308 e. The van der Waals surface area contributed by atoms with Gasteiger partial charge in [0.05, 0.1) is 39.5 Å². The predicted molar refractivity (Wildman–Crippen MR) is 242 cm³/mol. The molecule has 0 radical (unpaired) electrons. The lowest BCUT2D eigenvalue weighted by Crippen LogP contribution is -2.06. The number of nitriles is 1. The third-order valence-electron chi connectivity index (χ3n) is 11.3. The summed E-state index contributed by atoms with van der Waals surface area (Å²) in [6, 6.07) is 54.9. The molecule has 0 bridgehead atoms. The van der Waals surface area contributed by atoms with Gasteiger partial charge in [-0.2, -0.15) is 31.6 Å². The first-order valence-electron chi connectivity index (χ1n) is 20.4. The largest absolute Gasteiger partial charge is 0.416 e. The van der Waals surface area contributed by atoms with Gasteiger partial charge in [0.25, 0.3) is 0 Å². The quantitative estimate of drug-likeness (QED) is 0.150. The molecule has 0 unspecified atom stereocenters. The van der Waals surface area contributed by atoms with Gasteiger partial charge in [-0.3, -0.25) is 0 Å². The van der Waals surface area contributed by atoms with E-state index in [1.54, 1.807) is 12.1 Å². The van der Waals surface area contributed by atoms with Crippen LogP contribution in [0.4, 0.5) is 26.3 Å². The zero-order chi connectivity index (χ0) is 44.9. The molecule has 65 heavy (non-hydrogen) atoms. The minimum atomic E-state index is -4.61. The number of halogens is 6. The Morgan fingerprint density at radius 1 is 0.385 bits per heavy atom. The third-order valence-corrected chi connectivity index (χ3v) is 11.3. The molecule has 0 aliphatic rings. The van der Waals surface area contributed by atoms with Crippen LogP contribution < -0.4 is 0 Å². The van der Waals surface area contributed by atoms with Crippen molar-refractivity contribution in [2.24, 2.45) is 0 Å². The van der Waals surface area contributed by atoms with Crippen molar-refractivity contribution in [2.45, 2.75) is 12.4 Å². The van der Waals surface area contributed by atoms with Crippen LogP contribution in [0.5, 0.6) is 0 Å². The molecule has 0 atom stereocenters. The molecule has 0 saturated heterocycles. The van der Waals surface area contributed by atoms with Crippen molar-refractivity contribution < 1.29 is 26.3 Å². The maximum atomic E-state index is 14.1. The Balaban J connectivity index is 1.31. The van der Waals surface area contributed by atoms with Gasteiger partial charge in [0.2, 0.25) is 0 Å². The highest BCUT2D eigenvalue weighted by Crippen LogP contribution is 2.45. The second-order valence-corrected chi connectivity index (χ2v) is 15.4. The van der Waals surface area contributed by atoms with Gasteiger partial charge in [-0.25, -0.2) is 15.0 Å². The Labute approximate surface area is 368 Å². The van der Waals surface area contributed by atoms with Gasteiger partial charge in [-0.05, 0) is 89.0 Å². The number of rotatable bonds is 7. The van der Waals surface area contributed by atoms with Crippen molar-refractivity contribution >= 4 is 21.8 Å². The number of hydrogen-bond donors (Lipinski definition) is 0. The molecule has 10 aromatic rings. The fraction of sp³-hybridized carbons (Fsp3) is 0.0370. The molecule has 5 nitrogen and oxygen atoms in total. The molecule has 314 valence electrons. The number of fused-ring (bicyclic) bond motifs is 3. The summed E-state index contributed by atoms with van der Waals surface area (Å²) >= 11 is 0. The van der Waals surface area contributed by atoms with E-state index in [-0.39, 0.29) is 5.82 Å². The molecular formula is C54H31F6N5. The monoisotopic (exact) mass is 863 g/mol. The van der Waals surface area contributed by atoms with Gasteiger partial charge in [-0.1, -0.05) is 121 Å². The fourth-order valence-corrected chi connectivity index (χ4v) is 8.22. The van der Waals surface area contributed by atoms with Crippen LogP contribution >= 0.6 is 0 Å². The SMILES string of the molecule is N#Cc1cccc(-c2ccc3c(c2)c2ccccc2n3-c2c(-c3ccc(C(F)(F)F)cc3)cc(-c3nc(-c4ccccc4)nc(-c4ccccc4)n3)cc2-c2ccc(C(F)(F)F)cc2)c1. The van der Waals surface area contributed by atoms with Crippen molar-refractivity contribution in [3.63, 3.8) is 0 Å². The van der Waals surface area contributed by atoms with Gasteiger partial charge >= 0.3 is 12.4 Å². The molecule has 2 aromatic heterocycles. The Hall–Kier alpha value is -8.36. The van der Waals surface area contributed by atoms with Gasteiger partial charge in [0.1, 0.15) is 0 Å². The summed E-state index contributed by atoms with van der Waals surface area (Å²) in [5.74, 6) is 0.963. The Morgan fingerprint density at radius 2 is 0.831 bits per heavy atom. The van der Waals surface area contributed by atoms with Gasteiger partial charge in [0, 0.05) is 38.6 Å². The van der Waals surface area contributed by atoms with Crippen molar-refractivity contribution in [2.75, 3.05) is 0 Å². The molecule has 0 fully saturated rings. The van der Waals surface area contributed by atoms with Crippen molar-refractivity contribution in [1.82, 2.24) is 19.5 Å². The highest BCUT2D eigenvalue weighted by molar-refractivity contribution is 6.12. The molecule has 0 spiro atoms. The summed E-state index contributed by atoms with van der Waals surface area (Å²) in [4.78, 5) is 14.8. The lowest BCUT2D eigenvalue weighted by atomic mass is 9.91. The Bertz CT molecular complexity index is 3310. The normalized spacial score (nSPS) is 11.8. The first-order valence-corrected chi connectivity index (χ1v) is 20.4. The molecule has 0 saturated carbocycles. The number of aromatic nitrogens is 4. The van der Waals surface area contributed by atoms with E-state index in [1.807, 2.05) is 132 Å². The van der Waals surface area contributed by atoms with E-state index in [9.17, 15) is 31.6 Å². The zero-order valence-electron chi connectivity index (χ0n) is 33.9. The summed E-state index contributed by atoms with van der Waals surface area (Å²) in [7, 11) is 0. The van der Waals surface area contributed by atoms with E-state index in [2.05, 4.69) is 6.07 Å². The Morgan fingerprint density at radius 3 is 1.35 bits per heavy atom. The number of para-hydroxylation sites is 1. The fourth-order valence-electron chi connectivity index (χ4n) is 8.22. The summed E-state index contributed by atoms with van der Waals surface area (Å²) in [5, 5.41) is 11.3. The van der Waals surface area contributed by atoms with Gasteiger partial charge in [0.15, 0.2) is 17.5 Å². The van der Waals surface area contributed by atoms with Crippen LogP contribution in [-0.4, -0.2) is 19.5 Å². The number of benzene rings is 8. The molecule has 0 amide bonds. The summed E-state index contributed by atoms with van der Waals surface area (Å²) in [6.07, 6.45) is -9.23. The maximum Gasteiger partial charge on any atom is 0.416 e. The molecule has 11 heteroatoms. The summed E-state index contributed by atoms with van der Waals surface area (Å²) in [5.41, 5.74) is 6.02.